The Morgan fingerprint density at radius 2 is 1.62 bits per heavy atom. The van der Waals surface area contributed by atoms with E-state index in [1.54, 1.807) is 0 Å². The van der Waals surface area contributed by atoms with Crippen LogP contribution in [0.2, 0.25) is 0 Å². The Morgan fingerprint density at radius 3 is 2.15 bits per heavy atom. The van der Waals surface area contributed by atoms with Crippen LogP contribution in [0.4, 0.5) is 0 Å². The molecule has 0 bridgehead atoms. The van der Waals surface area contributed by atoms with Crippen molar-refractivity contribution in [2.75, 3.05) is 5.88 Å². The Balaban J connectivity index is 3.05. The molecule has 0 aromatic rings. The fourth-order valence-electron chi connectivity index (χ4n) is 1.40. The average Bonchev–Trinajstić information content (AvgIpc) is 2.13. The minimum absolute atomic E-state index is 0.833. The monoisotopic (exact) mass is 316 g/mol. The molecule has 0 saturated heterocycles. The fraction of sp³-hybridized carbons (Fsp3) is 1.00. The third kappa shape index (κ3) is 10.9. The number of halogens is 2. The number of unbranched alkanes of at least 4 members (excludes halogenated alkanes) is 4. The minimum Gasteiger partial charge on any atom is -0.127 e. The first kappa shape index (κ1) is 14.0. The van der Waals surface area contributed by atoms with Gasteiger partial charge in [-0.05, 0) is 19.3 Å². The van der Waals surface area contributed by atoms with Gasteiger partial charge in [0.25, 0.3) is 0 Å². The molecule has 0 aromatic carbocycles. The second kappa shape index (κ2) is 11.1. The molecule has 0 fully saturated rings. The first-order chi connectivity index (χ1) is 6.31. The molecule has 1 unspecified atom stereocenters. The molecule has 13 heavy (non-hydrogen) atoms. The van der Waals surface area contributed by atoms with Crippen LogP contribution >= 0.6 is 34.2 Å². The van der Waals surface area contributed by atoms with Crippen molar-refractivity contribution in [2.45, 2.75) is 62.2 Å². The Labute approximate surface area is 102 Å². The molecule has 0 N–H and O–H groups in total. The van der Waals surface area contributed by atoms with Gasteiger partial charge >= 0.3 is 0 Å². The van der Waals surface area contributed by atoms with Crippen molar-refractivity contribution in [3.63, 3.8) is 0 Å². The van der Waals surface area contributed by atoms with Gasteiger partial charge in [-0.1, -0.05) is 61.6 Å². The molecular weight excluding hydrogens is 294 g/mol. The van der Waals surface area contributed by atoms with E-state index in [2.05, 4.69) is 29.5 Å². The van der Waals surface area contributed by atoms with E-state index < -0.39 is 0 Å². The number of hydrogen-bond acceptors (Lipinski definition) is 0. The lowest BCUT2D eigenvalue weighted by Gasteiger charge is -2.08. The maximum Gasteiger partial charge on any atom is 0.0223 e. The van der Waals surface area contributed by atoms with Crippen molar-refractivity contribution in [1.29, 1.82) is 0 Å². The summed E-state index contributed by atoms with van der Waals surface area (Å²) in [5.74, 6) is 0.833. The van der Waals surface area contributed by atoms with Gasteiger partial charge in [-0.25, -0.2) is 0 Å². The van der Waals surface area contributed by atoms with Gasteiger partial charge in [-0.3, -0.25) is 0 Å². The maximum absolute atomic E-state index is 5.63. The summed E-state index contributed by atoms with van der Waals surface area (Å²) in [4.78, 5) is 0. The van der Waals surface area contributed by atoms with Gasteiger partial charge in [-0.15, -0.1) is 11.6 Å². The fourth-order valence-corrected chi connectivity index (χ4v) is 2.47. The summed E-state index contributed by atoms with van der Waals surface area (Å²) in [7, 11) is 0. The summed E-state index contributed by atoms with van der Waals surface area (Å²) >= 11 is 8.22. The molecule has 0 aliphatic rings. The van der Waals surface area contributed by atoms with Gasteiger partial charge in [0.2, 0.25) is 0 Å². The van der Waals surface area contributed by atoms with Crippen molar-refractivity contribution in [1.82, 2.24) is 0 Å². The van der Waals surface area contributed by atoms with Crippen LogP contribution in [0.5, 0.6) is 0 Å². The smallest absolute Gasteiger partial charge is 0.0223 e. The molecule has 1 atom stereocenters. The Bertz CT molecular complexity index is 96.1. The molecule has 0 spiro atoms. The van der Waals surface area contributed by atoms with Gasteiger partial charge in [0.1, 0.15) is 0 Å². The van der Waals surface area contributed by atoms with E-state index in [4.69, 9.17) is 11.6 Å². The van der Waals surface area contributed by atoms with Crippen molar-refractivity contribution in [3.8, 4) is 0 Å². The molecular formula is C11H22ClI. The van der Waals surface area contributed by atoms with Crippen LogP contribution in [-0.2, 0) is 0 Å². The standard InChI is InChI=1S/C11H22ClI/c1-2-3-4-5-8-11(13)9-6-7-10-12/h11H,2-10H2,1H3. The van der Waals surface area contributed by atoms with E-state index >= 15 is 0 Å². The lowest BCUT2D eigenvalue weighted by molar-refractivity contribution is 0.594. The SMILES string of the molecule is CCCCCCC(I)CCCCCl. The van der Waals surface area contributed by atoms with Gasteiger partial charge in [0, 0.05) is 9.80 Å². The molecule has 80 valence electrons. The molecule has 0 aliphatic heterocycles. The highest BCUT2D eigenvalue weighted by Crippen LogP contribution is 2.18. The number of alkyl halides is 2. The molecule has 0 aromatic heterocycles. The van der Waals surface area contributed by atoms with E-state index in [0.717, 1.165) is 9.80 Å². The average molecular weight is 317 g/mol. The third-order valence-corrected chi connectivity index (χ3v) is 3.78. The van der Waals surface area contributed by atoms with Crippen molar-refractivity contribution in [3.05, 3.63) is 0 Å². The number of hydrogen-bond donors (Lipinski definition) is 0. The quantitative estimate of drug-likeness (QED) is 0.313. The van der Waals surface area contributed by atoms with E-state index in [-0.39, 0.29) is 0 Å². The highest BCUT2D eigenvalue weighted by Gasteiger charge is 2.02. The van der Waals surface area contributed by atoms with Gasteiger partial charge in [0.05, 0.1) is 0 Å². The first-order valence-electron chi connectivity index (χ1n) is 5.51. The predicted molar refractivity (Wildman–Crippen MR) is 71.1 cm³/mol. The largest absolute Gasteiger partial charge is 0.127 e. The van der Waals surface area contributed by atoms with Crippen LogP contribution in [0.25, 0.3) is 0 Å². The van der Waals surface area contributed by atoms with Crippen LogP contribution in [0, 0.1) is 0 Å². The van der Waals surface area contributed by atoms with E-state index in [0.29, 0.717) is 0 Å². The highest BCUT2D eigenvalue weighted by molar-refractivity contribution is 14.1. The molecule has 2 heteroatoms. The molecule has 0 nitrogen and oxygen atoms in total. The summed E-state index contributed by atoms with van der Waals surface area (Å²) < 4.78 is 0.887. The maximum atomic E-state index is 5.63. The van der Waals surface area contributed by atoms with E-state index in [1.165, 1.54) is 51.4 Å². The first-order valence-corrected chi connectivity index (χ1v) is 7.29. The minimum atomic E-state index is 0.833. The number of rotatable bonds is 9. The summed E-state index contributed by atoms with van der Waals surface area (Å²) in [6, 6.07) is 0. The molecule has 0 rings (SSSR count). The van der Waals surface area contributed by atoms with E-state index in [9.17, 15) is 0 Å². The summed E-state index contributed by atoms with van der Waals surface area (Å²) in [6.07, 6.45) is 10.9. The second-order valence-corrected chi connectivity index (χ2v) is 5.77. The predicted octanol–water partition coefficient (Wildman–Crippen LogP) is 5.17. The van der Waals surface area contributed by atoms with Gasteiger partial charge in [0.15, 0.2) is 0 Å². The molecule has 0 heterocycles. The molecule has 0 aliphatic carbocycles. The second-order valence-electron chi connectivity index (χ2n) is 3.63. The Morgan fingerprint density at radius 1 is 1.00 bits per heavy atom. The van der Waals surface area contributed by atoms with Crippen LogP contribution in [0.1, 0.15) is 58.3 Å². The van der Waals surface area contributed by atoms with Crippen molar-refractivity contribution in [2.24, 2.45) is 0 Å². The lowest BCUT2D eigenvalue weighted by atomic mass is 10.1. The Kier molecular flexibility index (Phi) is 12.0. The zero-order valence-electron chi connectivity index (χ0n) is 8.70. The zero-order valence-corrected chi connectivity index (χ0v) is 11.6. The lowest BCUT2D eigenvalue weighted by Crippen LogP contribution is -1.97. The zero-order chi connectivity index (χ0) is 9.94. The summed E-state index contributed by atoms with van der Waals surface area (Å²) in [5.41, 5.74) is 0. The topological polar surface area (TPSA) is 0 Å². The van der Waals surface area contributed by atoms with E-state index in [1.807, 2.05) is 0 Å². The normalized spacial score (nSPS) is 13.2. The Hall–Kier alpha value is 1.02. The van der Waals surface area contributed by atoms with Crippen LogP contribution < -0.4 is 0 Å². The van der Waals surface area contributed by atoms with Gasteiger partial charge < -0.3 is 0 Å². The molecule has 0 amide bonds. The van der Waals surface area contributed by atoms with Crippen LogP contribution in [0.3, 0.4) is 0 Å². The summed E-state index contributed by atoms with van der Waals surface area (Å²) in [6.45, 7) is 2.27. The molecule has 0 radical (unpaired) electrons. The van der Waals surface area contributed by atoms with Crippen molar-refractivity contribution >= 4 is 34.2 Å². The van der Waals surface area contributed by atoms with Crippen LogP contribution in [0.15, 0.2) is 0 Å². The van der Waals surface area contributed by atoms with Gasteiger partial charge in [-0.2, -0.15) is 0 Å². The third-order valence-electron chi connectivity index (χ3n) is 2.27. The molecule has 0 saturated carbocycles. The summed E-state index contributed by atoms with van der Waals surface area (Å²) in [5, 5.41) is 0. The van der Waals surface area contributed by atoms with Crippen molar-refractivity contribution < 1.29 is 0 Å². The highest BCUT2D eigenvalue weighted by atomic mass is 127. The van der Waals surface area contributed by atoms with Crippen LogP contribution in [-0.4, -0.2) is 9.80 Å².